The predicted molar refractivity (Wildman–Crippen MR) is 80.5 cm³/mol. The number of hydrogen-bond donors (Lipinski definition) is 2. The lowest BCUT2D eigenvalue weighted by molar-refractivity contribution is -0.127. The summed E-state index contributed by atoms with van der Waals surface area (Å²) in [5, 5.41) is 4.91. The van der Waals surface area contributed by atoms with E-state index in [4.69, 9.17) is 11.6 Å². The van der Waals surface area contributed by atoms with Crippen LogP contribution in [-0.2, 0) is 11.2 Å². The number of amides is 1. The highest BCUT2D eigenvalue weighted by Gasteiger charge is 2.33. The number of hydrogen-bond acceptors (Lipinski definition) is 2. The summed E-state index contributed by atoms with van der Waals surface area (Å²) in [6, 6.07) is 5.53. The number of aromatic amines is 1. The van der Waals surface area contributed by atoms with Gasteiger partial charge < -0.3 is 10.3 Å². The number of likely N-dealkylation sites (N-methyl/N-ethyl adjacent to an activating group) is 1. The molecule has 1 aromatic heterocycles. The summed E-state index contributed by atoms with van der Waals surface area (Å²) in [5.41, 5.74) is 2.00. The van der Waals surface area contributed by atoms with Crippen LogP contribution >= 0.6 is 11.6 Å². The van der Waals surface area contributed by atoms with Crippen molar-refractivity contribution in [3.63, 3.8) is 0 Å². The van der Waals surface area contributed by atoms with E-state index in [-0.39, 0.29) is 11.9 Å². The summed E-state index contributed by atoms with van der Waals surface area (Å²) in [6.45, 7) is 6.46. The molecule has 4 nitrogen and oxygen atoms in total. The van der Waals surface area contributed by atoms with E-state index in [1.165, 1.54) is 0 Å². The Morgan fingerprint density at radius 2 is 2.25 bits per heavy atom. The summed E-state index contributed by atoms with van der Waals surface area (Å²) in [7, 11) is 0. The number of nitrogens with zero attached hydrogens (tertiary/aromatic N) is 1. The molecule has 1 aromatic carbocycles. The monoisotopic (exact) mass is 289 g/mol. The molecule has 2 heterocycles. The van der Waals surface area contributed by atoms with Crippen LogP contribution < -0.4 is 5.32 Å². The molecule has 0 bridgehead atoms. The van der Waals surface area contributed by atoms with Gasteiger partial charge in [0.1, 0.15) is 11.9 Å². The van der Waals surface area contributed by atoms with Crippen molar-refractivity contribution in [3.05, 3.63) is 47.4 Å². The van der Waals surface area contributed by atoms with Gasteiger partial charge in [0.15, 0.2) is 0 Å². The van der Waals surface area contributed by atoms with E-state index in [1.807, 2.05) is 31.3 Å². The largest absolute Gasteiger partial charge is 0.360 e. The number of benzene rings is 1. The number of nitrogens with one attached hydrogen (secondary N) is 2. The molecule has 1 saturated heterocycles. The van der Waals surface area contributed by atoms with E-state index in [9.17, 15) is 4.79 Å². The quantitative estimate of drug-likeness (QED) is 0.912. The normalized spacial score (nSPS) is 18.9. The van der Waals surface area contributed by atoms with E-state index in [1.54, 1.807) is 4.90 Å². The number of carbonyl (C=O) groups excluding carboxylic acids is 1. The molecule has 0 radical (unpaired) electrons. The van der Waals surface area contributed by atoms with Gasteiger partial charge in [-0.2, -0.15) is 0 Å². The Bertz CT molecular complexity index is 691. The number of aromatic nitrogens is 1. The second kappa shape index (κ2) is 4.87. The van der Waals surface area contributed by atoms with Gasteiger partial charge in [0, 0.05) is 24.5 Å². The van der Waals surface area contributed by atoms with Crippen LogP contribution in [0.3, 0.4) is 0 Å². The molecule has 1 unspecified atom stereocenters. The second-order valence-electron chi connectivity index (χ2n) is 4.91. The van der Waals surface area contributed by atoms with E-state index in [0.717, 1.165) is 16.5 Å². The molecule has 1 aliphatic heterocycles. The van der Waals surface area contributed by atoms with Crippen LogP contribution in [0.2, 0.25) is 5.02 Å². The molecule has 1 atom stereocenters. The van der Waals surface area contributed by atoms with E-state index >= 15 is 0 Å². The second-order valence-corrected chi connectivity index (χ2v) is 5.31. The molecule has 5 heteroatoms. The molecule has 0 saturated carbocycles. The van der Waals surface area contributed by atoms with Crippen molar-refractivity contribution in [1.82, 2.24) is 15.2 Å². The van der Waals surface area contributed by atoms with Crippen LogP contribution in [-0.4, -0.2) is 28.4 Å². The summed E-state index contributed by atoms with van der Waals surface area (Å²) in [5.74, 6) is 0.759. The van der Waals surface area contributed by atoms with E-state index in [0.29, 0.717) is 23.8 Å². The Morgan fingerprint density at radius 1 is 1.45 bits per heavy atom. The van der Waals surface area contributed by atoms with Gasteiger partial charge in [0.2, 0.25) is 0 Å². The SMILES string of the molecule is C=C1NC(Cc2c[nH]c3c(Cl)cccc23)C(=O)N1CC. The number of fused-ring (bicyclic) bond motifs is 1. The predicted octanol–water partition coefficient (Wildman–Crippen LogP) is 2.66. The highest BCUT2D eigenvalue weighted by atomic mass is 35.5. The van der Waals surface area contributed by atoms with Crippen LogP contribution in [0.25, 0.3) is 10.9 Å². The minimum Gasteiger partial charge on any atom is -0.360 e. The molecule has 0 aliphatic carbocycles. The lowest BCUT2D eigenvalue weighted by Gasteiger charge is -2.12. The number of rotatable bonds is 3. The zero-order valence-electron chi connectivity index (χ0n) is 11.2. The first-order valence-electron chi connectivity index (χ1n) is 6.63. The van der Waals surface area contributed by atoms with Gasteiger partial charge in [0.05, 0.1) is 10.5 Å². The molecular weight excluding hydrogens is 274 g/mol. The highest BCUT2D eigenvalue weighted by Crippen LogP contribution is 2.27. The van der Waals surface area contributed by atoms with Crippen LogP contribution in [0.5, 0.6) is 0 Å². The smallest absolute Gasteiger partial charge is 0.250 e. The lowest BCUT2D eigenvalue weighted by atomic mass is 10.1. The maximum absolute atomic E-state index is 12.2. The van der Waals surface area contributed by atoms with Crippen molar-refractivity contribution in [1.29, 1.82) is 0 Å². The van der Waals surface area contributed by atoms with Crippen LogP contribution in [0.1, 0.15) is 12.5 Å². The minimum absolute atomic E-state index is 0.0777. The Labute approximate surface area is 122 Å². The van der Waals surface area contributed by atoms with Crippen LogP contribution in [0, 0.1) is 0 Å². The van der Waals surface area contributed by atoms with Gasteiger partial charge in [-0.05, 0) is 18.6 Å². The fraction of sp³-hybridized carbons (Fsp3) is 0.267. The average Bonchev–Trinajstić information content (AvgIpc) is 2.94. The molecule has 2 aromatic rings. The van der Waals surface area contributed by atoms with Crippen LogP contribution in [0.4, 0.5) is 0 Å². The summed E-state index contributed by atoms with van der Waals surface area (Å²) < 4.78 is 0. The van der Waals surface area contributed by atoms with Gasteiger partial charge in [-0.25, -0.2) is 0 Å². The third-order valence-electron chi connectivity index (χ3n) is 3.72. The van der Waals surface area contributed by atoms with Gasteiger partial charge >= 0.3 is 0 Å². The van der Waals surface area contributed by atoms with Crippen molar-refractivity contribution in [2.45, 2.75) is 19.4 Å². The summed E-state index contributed by atoms with van der Waals surface area (Å²) in [4.78, 5) is 17.1. The molecule has 0 spiro atoms. The summed E-state index contributed by atoms with van der Waals surface area (Å²) >= 11 is 6.15. The minimum atomic E-state index is -0.250. The van der Waals surface area contributed by atoms with Crippen molar-refractivity contribution < 1.29 is 4.79 Å². The fourth-order valence-corrected chi connectivity index (χ4v) is 2.94. The van der Waals surface area contributed by atoms with Gasteiger partial charge in [-0.3, -0.25) is 9.69 Å². The van der Waals surface area contributed by atoms with E-state index in [2.05, 4.69) is 16.9 Å². The Balaban J connectivity index is 1.89. The maximum atomic E-state index is 12.2. The molecule has 20 heavy (non-hydrogen) atoms. The standard InChI is InChI=1S/C15H16ClN3O/c1-3-19-9(2)18-13(15(19)20)7-10-8-17-14-11(10)5-4-6-12(14)16/h4-6,8,13,17-18H,2-3,7H2,1H3. The maximum Gasteiger partial charge on any atom is 0.250 e. The molecule has 1 amide bonds. The first kappa shape index (κ1) is 13.1. The topological polar surface area (TPSA) is 48.1 Å². The third kappa shape index (κ3) is 1.96. The molecule has 3 rings (SSSR count). The Hall–Kier alpha value is -1.94. The van der Waals surface area contributed by atoms with E-state index < -0.39 is 0 Å². The number of H-pyrrole nitrogens is 1. The van der Waals surface area contributed by atoms with Gasteiger partial charge in [-0.15, -0.1) is 0 Å². The van der Waals surface area contributed by atoms with Gasteiger partial charge in [0.25, 0.3) is 5.91 Å². The molecule has 2 N–H and O–H groups in total. The molecule has 1 aliphatic rings. The Morgan fingerprint density at radius 3 is 2.95 bits per heavy atom. The average molecular weight is 290 g/mol. The Kier molecular flexibility index (Phi) is 3.18. The molecule has 104 valence electrons. The molecule has 1 fully saturated rings. The number of para-hydroxylation sites is 1. The lowest BCUT2D eigenvalue weighted by Crippen LogP contribution is -2.32. The number of carbonyl (C=O) groups is 1. The third-order valence-corrected chi connectivity index (χ3v) is 4.04. The van der Waals surface area contributed by atoms with Gasteiger partial charge in [-0.1, -0.05) is 30.3 Å². The zero-order chi connectivity index (χ0) is 14.3. The fourth-order valence-electron chi connectivity index (χ4n) is 2.71. The first-order valence-corrected chi connectivity index (χ1v) is 7.01. The zero-order valence-corrected chi connectivity index (χ0v) is 12.0. The van der Waals surface area contributed by atoms with Crippen LogP contribution in [0.15, 0.2) is 36.8 Å². The van der Waals surface area contributed by atoms with Crippen molar-refractivity contribution in [2.24, 2.45) is 0 Å². The van der Waals surface area contributed by atoms with Crippen molar-refractivity contribution in [2.75, 3.05) is 6.54 Å². The summed E-state index contributed by atoms with van der Waals surface area (Å²) in [6.07, 6.45) is 2.54. The first-order chi connectivity index (χ1) is 9.61. The highest BCUT2D eigenvalue weighted by molar-refractivity contribution is 6.35. The van der Waals surface area contributed by atoms with Crippen molar-refractivity contribution >= 4 is 28.4 Å². The van der Waals surface area contributed by atoms with Crippen molar-refractivity contribution in [3.8, 4) is 0 Å². The number of halogens is 1. The molecular formula is C15H16ClN3O.